The van der Waals surface area contributed by atoms with Gasteiger partial charge in [-0.25, -0.2) is 5.01 Å². The first-order valence-corrected chi connectivity index (χ1v) is 13.7. The Morgan fingerprint density at radius 3 is 2.30 bits per heavy atom. The van der Waals surface area contributed by atoms with Crippen molar-refractivity contribution in [2.45, 2.75) is 39.2 Å². The highest BCUT2D eigenvalue weighted by Crippen LogP contribution is 2.45. The van der Waals surface area contributed by atoms with Gasteiger partial charge in [0.1, 0.15) is 17.5 Å². The lowest BCUT2D eigenvalue weighted by Crippen LogP contribution is -2.40. The summed E-state index contributed by atoms with van der Waals surface area (Å²) in [5.41, 5.74) is 8.23. The van der Waals surface area contributed by atoms with Crippen molar-refractivity contribution in [3.05, 3.63) is 115 Å². The van der Waals surface area contributed by atoms with Crippen molar-refractivity contribution in [1.29, 1.82) is 0 Å². The zero-order chi connectivity index (χ0) is 28.2. The van der Waals surface area contributed by atoms with E-state index < -0.39 is 16.9 Å². The number of benzene rings is 3. The van der Waals surface area contributed by atoms with Crippen LogP contribution >= 0.6 is 11.6 Å². The van der Waals surface area contributed by atoms with E-state index in [0.29, 0.717) is 13.2 Å². The van der Waals surface area contributed by atoms with Crippen LogP contribution in [0.5, 0.6) is 11.5 Å². The van der Waals surface area contributed by atoms with E-state index in [1.807, 2.05) is 62.4 Å². The normalized spacial score (nSPS) is 17.4. The molecule has 0 spiro atoms. The molecule has 3 aromatic carbocycles. The third-order valence-corrected chi connectivity index (χ3v) is 7.33. The van der Waals surface area contributed by atoms with Gasteiger partial charge in [0.05, 0.1) is 34.4 Å². The topological polar surface area (TPSA) is 93.9 Å². The van der Waals surface area contributed by atoms with E-state index in [0.717, 1.165) is 58.7 Å². The van der Waals surface area contributed by atoms with E-state index in [-0.39, 0.29) is 16.3 Å². The van der Waals surface area contributed by atoms with E-state index in [2.05, 4.69) is 11.5 Å². The van der Waals surface area contributed by atoms with Crippen molar-refractivity contribution < 1.29 is 19.2 Å². The molecule has 1 aliphatic carbocycles. The maximum absolute atomic E-state index is 14.0. The molecule has 1 N–H and O–H groups in total. The van der Waals surface area contributed by atoms with Crippen LogP contribution < -0.4 is 14.9 Å². The van der Waals surface area contributed by atoms with Gasteiger partial charge in [0.25, 0.3) is 11.6 Å². The van der Waals surface area contributed by atoms with Crippen molar-refractivity contribution in [2.75, 3.05) is 13.2 Å². The smallest absolute Gasteiger partial charge is 0.274 e. The van der Waals surface area contributed by atoms with Gasteiger partial charge in [0, 0.05) is 12.1 Å². The van der Waals surface area contributed by atoms with E-state index in [1.165, 1.54) is 18.2 Å². The van der Waals surface area contributed by atoms with Gasteiger partial charge in [-0.05, 0) is 91.8 Å². The molecule has 3 aromatic rings. The van der Waals surface area contributed by atoms with Crippen LogP contribution in [0, 0.1) is 10.1 Å². The average molecular weight is 560 g/mol. The maximum Gasteiger partial charge on any atom is 0.274 e. The molecule has 9 heteroatoms. The van der Waals surface area contributed by atoms with Gasteiger partial charge < -0.3 is 9.47 Å². The first-order chi connectivity index (χ1) is 19.4. The number of carbonyl (C=O) groups is 1. The van der Waals surface area contributed by atoms with Crippen molar-refractivity contribution in [2.24, 2.45) is 0 Å². The highest BCUT2D eigenvalue weighted by atomic mass is 35.5. The van der Waals surface area contributed by atoms with Crippen LogP contribution in [0.1, 0.15) is 60.6 Å². The van der Waals surface area contributed by atoms with Gasteiger partial charge in [-0.1, -0.05) is 35.9 Å². The van der Waals surface area contributed by atoms with Crippen LogP contribution in [0.4, 0.5) is 5.69 Å². The predicted molar refractivity (Wildman–Crippen MR) is 154 cm³/mol. The van der Waals surface area contributed by atoms with Crippen molar-refractivity contribution in [3.8, 4) is 11.5 Å². The molecule has 206 valence electrons. The van der Waals surface area contributed by atoms with Crippen LogP contribution in [0.3, 0.4) is 0 Å². The first kappa shape index (κ1) is 27.3. The standard InChI is InChI=1S/C31H30ClN3O5/c1-3-39-24-13-8-20(9-14-24)18-22-6-5-7-26-29(22)33-34(30(26)21-10-15-25(16-11-21)40-4-2)31(36)27-19-23(35(37)38)12-17-28(27)32/h8-19,30,33H,3-7H2,1-2H3/b22-18-/t30-/m0/s1. The summed E-state index contributed by atoms with van der Waals surface area (Å²) in [4.78, 5) is 24.9. The summed E-state index contributed by atoms with van der Waals surface area (Å²) in [5, 5.41) is 13.1. The molecule has 2 aliphatic rings. The third-order valence-electron chi connectivity index (χ3n) is 7.00. The zero-order valence-corrected chi connectivity index (χ0v) is 23.1. The summed E-state index contributed by atoms with van der Waals surface area (Å²) in [6, 6.07) is 19.1. The third kappa shape index (κ3) is 5.53. The molecule has 0 radical (unpaired) electrons. The van der Waals surface area contributed by atoms with Crippen LogP contribution in [-0.2, 0) is 0 Å². The van der Waals surface area contributed by atoms with Crippen molar-refractivity contribution in [3.63, 3.8) is 0 Å². The molecule has 0 bridgehead atoms. The van der Waals surface area contributed by atoms with Crippen molar-refractivity contribution in [1.82, 2.24) is 10.4 Å². The highest BCUT2D eigenvalue weighted by Gasteiger charge is 2.40. The van der Waals surface area contributed by atoms with E-state index in [4.69, 9.17) is 21.1 Å². The number of hydrazine groups is 1. The summed E-state index contributed by atoms with van der Waals surface area (Å²) in [6.07, 6.45) is 4.69. The molecular formula is C31H30ClN3O5. The number of amides is 1. The number of nitrogens with one attached hydrogen (secondary N) is 1. The number of non-ortho nitro benzene ring substituents is 1. The first-order valence-electron chi connectivity index (χ1n) is 13.3. The Morgan fingerprint density at radius 1 is 1.02 bits per heavy atom. The summed E-state index contributed by atoms with van der Waals surface area (Å²) >= 11 is 6.40. The van der Waals surface area contributed by atoms with Crippen LogP contribution in [-0.4, -0.2) is 29.1 Å². The molecule has 0 fully saturated rings. The molecule has 40 heavy (non-hydrogen) atoms. The number of carbonyl (C=O) groups excluding carboxylic acids is 1. The monoisotopic (exact) mass is 559 g/mol. The lowest BCUT2D eigenvalue weighted by Gasteiger charge is -2.27. The number of nitro benzene ring substituents is 1. The molecule has 1 amide bonds. The number of hydrogen-bond donors (Lipinski definition) is 1. The molecule has 8 nitrogen and oxygen atoms in total. The molecule has 1 atom stereocenters. The molecule has 0 aromatic heterocycles. The second-order valence-corrected chi connectivity index (χ2v) is 9.95. The Hall–Kier alpha value is -4.30. The summed E-state index contributed by atoms with van der Waals surface area (Å²) in [5.74, 6) is 1.11. The molecule has 1 aliphatic heterocycles. The molecule has 5 rings (SSSR count). The highest BCUT2D eigenvalue weighted by molar-refractivity contribution is 6.34. The van der Waals surface area contributed by atoms with E-state index in [1.54, 1.807) is 5.01 Å². The lowest BCUT2D eigenvalue weighted by molar-refractivity contribution is -0.384. The molecular weight excluding hydrogens is 530 g/mol. The van der Waals surface area contributed by atoms with Gasteiger partial charge in [-0.3, -0.25) is 20.3 Å². The van der Waals surface area contributed by atoms with Gasteiger partial charge >= 0.3 is 0 Å². The van der Waals surface area contributed by atoms with Crippen LogP contribution in [0.25, 0.3) is 6.08 Å². The summed E-state index contributed by atoms with van der Waals surface area (Å²) in [7, 11) is 0. The Bertz CT molecular complexity index is 1480. The number of allylic oxidation sites excluding steroid dienone is 1. The Balaban J connectivity index is 1.56. The minimum atomic E-state index is -0.532. The van der Waals surface area contributed by atoms with Crippen LogP contribution in [0.15, 0.2) is 83.6 Å². The Kier molecular flexibility index (Phi) is 8.07. The van der Waals surface area contributed by atoms with E-state index >= 15 is 0 Å². The lowest BCUT2D eigenvalue weighted by atomic mass is 9.85. The summed E-state index contributed by atoms with van der Waals surface area (Å²) in [6.45, 7) is 5.03. The fraction of sp³-hybridized carbons (Fsp3) is 0.258. The minimum Gasteiger partial charge on any atom is -0.494 e. The number of nitrogens with zero attached hydrogens (tertiary/aromatic N) is 2. The van der Waals surface area contributed by atoms with Gasteiger partial charge in [-0.2, -0.15) is 0 Å². The molecule has 0 unspecified atom stereocenters. The average Bonchev–Trinajstić information content (AvgIpc) is 3.35. The molecule has 0 saturated carbocycles. The Labute approximate surface area is 238 Å². The fourth-order valence-corrected chi connectivity index (χ4v) is 5.41. The van der Waals surface area contributed by atoms with E-state index in [9.17, 15) is 14.9 Å². The van der Waals surface area contributed by atoms with Crippen molar-refractivity contribution >= 4 is 29.3 Å². The fourth-order valence-electron chi connectivity index (χ4n) is 5.21. The van der Waals surface area contributed by atoms with Gasteiger partial charge in [0.15, 0.2) is 0 Å². The summed E-state index contributed by atoms with van der Waals surface area (Å²) < 4.78 is 11.2. The second kappa shape index (κ2) is 11.8. The number of rotatable bonds is 8. The maximum atomic E-state index is 14.0. The second-order valence-electron chi connectivity index (χ2n) is 9.54. The zero-order valence-electron chi connectivity index (χ0n) is 22.4. The quantitative estimate of drug-likeness (QED) is 0.230. The predicted octanol–water partition coefficient (Wildman–Crippen LogP) is 7.27. The Morgan fingerprint density at radius 2 is 1.68 bits per heavy atom. The minimum absolute atomic E-state index is 0.0659. The van der Waals surface area contributed by atoms with Gasteiger partial charge in [0.2, 0.25) is 0 Å². The van der Waals surface area contributed by atoms with Crippen LogP contribution in [0.2, 0.25) is 5.02 Å². The SMILES string of the molecule is CCOc1ccc(/C=C2/CCCC3=C2NN(C(=O)c2cc([N+](=O)[O-])ccc2Cl)[C@H]3c2ccc(OCC)cc2)cc1. The number of halogens is 1. The molecule has 0 saturated heterocycles. The van der Waals surface area contributed by atoms with Gasteiger partial charge in [-0.15, -0.1) is 0 Å². The largest absolute Gasteiger partial charge is 0.494 e. The molecule has 1 heterocycles. The number of nitro groups is 1. The number of ether oxygens (including phenoxy) is 2. The number of hydrogen-bond acceptors (Lipinski definition) is 6.